The van der Waals surface area contributed by atoms with Crippen LogP contribution in [0.1, 0.15) is 18.4 Å². The van der Waals surface area contributed by atoms with Gasteiger partial charge in [-0.15, -0.1) is 0 Å². The van der Waals surface area contributed by atoms with E-state index in [9.17, 15) is 4.39 Å². The first-order valence-electron chi connectivity index (χ1n) is 7.76. The Morgan fingerprint density at radius 2 is 2.14 bits per heavy atom. The van der Waals surface area contributed by atoms with Crippen LogP contribution in [0.15, 0.2) is 36.7 Å². The lowest BCUT2D eigenvalue weighted by Crippen LogP contribution is -2.34. The molecule has 0 amide bonds. The molecule has 0 atom stereocenters. The summed E-state index contributed by atoms with van der Waals surface area (Å²) in [4.78, 5) is 2.43. The summed E-state index contributed by atoms with van der Waals surface area (Å²) in [5.74, 6) is 1.92. The molecule has 3 nitrogen and oxygen atoms in total. The normalized spacial score (nSPS) is 17.0. The molecule has 1 fully saturated rings. The number of piperidine rings is 1. The summed E-state index contributed by atoms with van der Waals surface area (Å²) in [6.45, 7) is 2.99. The van der Waals surface area contributed by atoms with Crippen LogP contribution in [0.5, 0.6) is 0 Å². The number of hydrogen-bond acceptors (Lipinski definition) is 3. The Hall–Kier alpha value is -1.33. The van der Waals surface area contributed by atoms with E-state index in [1.165, 1.54) is 24.7 Å². The summed E-state index contributed by atoms with van der Waals surface area (Å²) >= 11 is 1.94. The predicted molar refractivity (Wildman–Crippen MR) is 89.9 cm³/mol. The SMILES string of the molecule is CSCC1CCN(Cc2cc(F)ccc2-n2cccn2)CC1. The van der Waals surface area contributed by atoms with Crippen LogP contribution in [0.4, 0.5) is 4.39 Å². The van der Waals surface area contributed by atoms with E-state index < -0.39 is 0 Å². The zero-order valence-corrected chi connectivity index (χ0v) is 13.7. The lowest BCUT2D eigenvalue weighted by atomic mass is 9.98. The maximum absolute atomic E-state index is 13.7. The van der Waals surface area contributed by atoms with Gasteiger partial charge in [-0.2, -0.15) is 16.9 Å². The topological polar surface area (TPSA) is 21.1 Å². The van der Waals surface area contributed by atoms with Gasteiger partial charge >= 0.3 is 0 Å². The molecule has 1 aromatic heterocycles. The van der Waals surface area contributed by atoms with Gasteiger partial charge in [0.15, 0.2) is 0 Å². The minimum Gasteiger partial charge on any atom is -0.299 e. The van der Waals surface area contributed by atoms with Crippen molar-refractivity contribution in [2.45, 2.75) is 19.4 Å². The molecule has 0 radical (unpaired) electrons. The maximum atomic E-state index is 13.7. The molecule has 0 unspecified atom stereocenters. The van der Waals surface area contributed by atoms with E-state index in [1.807, 2.05) is 34.8 Å². The van der Waals surface area contributed by atoms with Crippen LogP contribution in [-0.2, 0) is 6.54 Å². The van der Waals surface area contributed by atoms with E-state index in [0.29, 0.717) is 0 Å². The van der Waals surface area contributed by atoms with Gasteiger partial charge in [-0.1, -0.05) is 0 Å². The van der Waals surface area contributed by atoms with E-state index in [2.05, 4.69) is 16.3 Å². The average Bonchev–Trinajstić information content (AvgIpc) is 3.04. The molecule has 0 saturated carbocycles. The van der Waals surface area contributed by atoms with Crippen LogP contribution in [0.25, 0.3) is 5.69 Å². The van der Waals surface area contributed by atoms with Crippen LogP contribution in [0, 0.1) is 11.7 Å². The van der Waals surface area contributed by atoms with Crippen molar-refractivity contribution in [2.24, 2.45) is 5.92 Å². The zero-order chi connectivity index (χ0) is 15.4. The van der Waals surface area contributed by atoms with E-state index in [4.69, 9.17) is 0 Å². The Kier molecular flexibility index (Phi) is 5.16. The van der Waals surface area contributed by atoms with Crippen molar-refractivity contribution in [1.29, 1.82) is 0 Å². The molecular weight excluding hydrogens is 297 g/mol. The molecule has 3 rings (SSSR count). The molecule has 5 heteroatoms. The standard InChI is InChI=1S/C17H22FN3S/c1-22-13-14-5-9-20(10-6-14)12-15-11-16(18)3-4-17(15)21-8-2-7-19-21/h2-4,7-8,11,14H,5-6,9-10,12-13H2,1H3. The molecule has 0 bridgehead atoms. The van der Waals surface area contributed by atoms with Crippen molar-refractivity contribution in [3.05, 3.63) is 48.0 Å². The van der Waals surface area contributed by atoms with Crippen molar-refractivity contribution < 1.29 is 4.39 Å². The Bertz CT molecular complexity index is 592. The number of likely N-dealkylation sites (tertiary alicyclic amines) is 1. The summed E-state index contributed by atoms with van der Waals surface area (Å²) in [5.41, 5.74) is 1.98. The molecule has 1 aliphatic heterocycles. The number of hydrogen-bond donors (Lipinski definition) is 0. The van der Waals surface area contributed by atoms with Gasteiger partial charge < -0.3 is 0 Å². The number of aromatic nitrogens is 2. The predicted octanol–water partition coefficient (Wildman–Crippen LogP) is 3.59. The third kappa shape index (κ3) is 3.70. The Balaban J connectivity index is 1.71. The molecule has 0 N–H and O–H groups in total. The van der Waals surface area contributed by atoms with Crippen molar-refractivity contribution in [1.82, 2.24) is 14.7 Å². The summed E-state index contributed by atoms with van der Waals surface area (Å²) in [6.07, 6.45) is 8.32. The molecule has 2 aromatic rings. The first-order chi connectivity index (χ1) is 10.8. The third-order valence-corrected chi connectivity index (χ3v) is 5.10. The molecule has 22 heavy (non-hydrogen) atoms. The number of benzene rings is 1. The highest BCUT2D eigenvalue weighted by molar-refractivity contribution is 7.98. The largest absolute Gasteiger partial charge is 0.299 e. The molecule has 1 saturated heterocycles. The van der Waals surface area contributed by atoms with Gasteiger partial charge in [0, 0.05) is 18.9 Å². The summed E-state index contributed by atoms with van der Waals surface area (Å²) in [5, 5.41) is 4.28. The number of thioether (sulfide) groups is 1. The van der Waals surface area contributed by atoms with Crippen LogP contribution >= 0.6 is 11.8 Å². The second-order valence-corrected chi connectivity index (χ2v) is 6.81. The molecule has 0 aliphatic carbocycles. The smallest absolute Gasteiger partial charge is 0.123 e. The highest BCUT2D eigenvalue weighted by atomic mass is 32.2. The lowest BCUT2D eigenvalue weighted by molar-refractivity contribution is 0.187. The molecule has 118 valence electrons. The maximum Gasteiger partial charge on any atom is 0.123 e. The summed E-state index contributed by atoms with van der Waals surface area (Å²) in [6, 6.07) is 6.86. The fraction of sp³-hybridized carbons (Fsp3) is 0.471. The molecule has 1 aliphatic rings. The van der Waals surface area contributed by atoms with Gasteiger partial charge in [-0.3, -0.25) is 4.90 Å². The first-order valence-corrected chi connectivity index (χ1v) is 9.15. The summed E-state index contributed by atoms with van der Waals surface area (Å²) in [7, 11) is 0. The monoisotopic (exact) mass is 319 g/mol. The second-order valence-electron chi connectivity index (χ2n) is 5.90. The van der Waals surface area contributed by atoms with Crippen LogP contribution in [0.3, 0.4) is 0 Å². The molecular formula is C17H22FN3S. The zero-order valence-electron chi connectivity index (χ0n) is 12.9. The van der Waals surface area contributed by atoms with Gasteiger partial charge in [0.2, 0.25) is 0 Å². The van der Waals surface area contributed by atoms with Crippen LogP contribution in [-0.4, -0.2) is 39.8 Å². The van der Waals surface area contributed by atoms with E-state index in [1.54, 1.807) is 12.3 Å². The lowest BCUT2D eigenvalue weighted by Gasteiger charge is -2.32. The number of halogens is 1. The third-order valence-electron chi connectivity index (χ3n) is 4.30. The van der Waals surface area contributed by atoms with Gasteiger partial charge in [0.25, 0.3) is 0 Å². The average molecular weight is 319 g/mol. The van der Waals surface area contributed by atoms with Crippen molar-refractivity contribution in [3.63, 3.8) is 0 Å². The Morgan fingerprint density at radius 1 is 1.32 bits per heavy atom. The van der Waals surface area contributed by atoms with Crippen LogP contribution < -0.4 is 0 Å². The molecule has 2 heterocycles. The highest BCUT2D eigenvalue weighted by Crippen LogP contribution is 2.24. The highest BCUT2D eigenvalue weighted by Gasteiger charge is 2.20. The van der Waals surface area contributed by atoms with Gasteiger partial charge in [-0.05, 0) is 73.7 Å². The number of nitrogens with zero attached hydrogens (tertiary/aromatic N) is 3. The van der Waals surface area contributed by atoms with Crippen molar-refractivity contribution >= 4 is 11.8 Å². The first kappa shape index (κ1) is 15.6. The quantitative estimate of drug-likeness (QED) is 0.840. The van der Waals surface area contributed by atoms with Gasteiger partial charge in [0.1, 0.15) is 5.82 Å². The Labute approximate surface area is 135 Å². The van der Waals surface area contributed by atoms with E-state index >= 15 is 0 Å². The fourth-order valence-corrected chi connectivity index (χ4v) is 3.91. The summed E-state index contributed by atoms with van der Waals surface area (Å²) < 4.78 is 15.5. The molecule has 0 spiro atoms. The van der Waals surface area contributed by atoms with Crippen LogP contribution in [0.2, 0.25) is 0 Å². The minimum atomic E-state index is -0.178. The second kappa shape index (κ2) is 7.29. The Morgan fingerprint density at radius 3 is 2.82 bits per heavy atom. The number of rotatable bonds is 5. The van der Waals surface area contributed by atoms with Crippen molar-refractivity contribution in [2.75, 3.05) is 25.1 Å². The van der Waals surface area contributed by atoms with E-state index in [0.717, 1.165) is 36.8 Å². The van der Waals surface area contributed by atoms with Crippen molar-refractivity contribution in [3.8, 4) is 5.69 Å². The fourth-order valence-electron chi connectivity index (χ4n) is 3.10. The van der Waals surface area contributed by atoms with Gasteiger partial charge in [-0.25, -0.2) is 9.07 Å². The minimum absolute atomic E-state index is 0.178. The molecule has 1 aromatic carbocycles. The van der Waals surface area contributed by atoms with E-state index in [-0.39, 0.29) is 5.82 Å². The van der Waals surface area contributed by atoms with Gasteiger partial charge in [0.05, 0.1) is 5.69 Å².